The molecule has 1 atom stereocenters. The van der Waals surface area contributed by atoms with Crippen LogP contribution in [0.25, 0.3) is 0 Å². The van der Waals surface area contributed by atoms with E-state index in [9.17, 15) is 4.79 Å². The van der Waals surface area contributed by atoms with Crippen LogP contribution in [0.2, 0.25) is 0 Å². The number of nitrogens with zero attached hydrogens (tertiary/aromatic N) is 3. The molecule has 2 N–H and O–H groups in total. The molecule has 0 aromatic heterocycles. The van der Waals surface area contributed by atoms with Crippen LogP contribution in [0.15, 0.2) is 48.5 Å². The summed E-state index contributed by atoms with van der Waals surface area (Å²) in [6.07, 6.45) is 6.87. The Balaban J connectivity index is 1.41. The molecule has 1 unspecified atom stereocenters. The van der Waals surface area contributed by atoms with E-state index in [0.717, 1.165) is 43.6 Å². The van der Waals surface area contributed by atoms with E-state index >= 15 is 0 Å². The summed E-state index contributed by atoms with van der Waals surface area (Å²) < 4.78 is 0. The van der Waals surface area contributed by atoms with Gasteiger partial charge in [-0.15, -0.1) is 0 Å². The summed E-state index contributed by atoms with van der Waals surface area (Å²) in [6, 6.07) is 17.7. The molecule has 0 bridgehead atoms. The summed E-state index contributed by atoms with van der Waals surface area (Å²) in [4.78, 5) is 20.2. The quantitative estimate of drug-likeness (QED) is 0.495. The first-order chi connectivity index (χ1) is 17.7. The van der Waals surface area contributed by atoms with Gasteiger partial charge in [0.05, 0.1) is 6.04 Å². The predicted molar refractivity (Wildman–Crippen MR) is 156 cm³/mol. The Hall–Kier alpha value is -2.57. The van der Waals surface area contributed by atoms with Crippen LogP contribution in [0, 0.1) is 0 Å². The normalized spacial score (nSPS) is 18.8. The smallest absolute Gasteiger partial charge is 0.319 e. The van der Waals surface area contributed by atoms with Crippen molar-refractivity contribution in [2.75, 3.05) is 57.0 Å². The summed E-state index contributed by atoms with van der Waals surface area (Å²) in [5.74, 6) is 0. The molecule has 1 aliphatic heterocycles. The zero-order valence-corrected chi connectivity index (χ0v) is 23.6. The maximum Gasteiger partial charge on any atom is 0.319 e. The number of amides is 2. The van der Waals surface area contributed by atoms with Gasteiger partial charge < -0.3 is 15.5 Å². The van der Waals surface area contributed by atoms with Gasteiger partial charge in [-0.3, -0.25) is 9.80 Å². The number of nitrogens with one attached hydrogen (secondary N) is 2. The number of rotatable bonds is 7. The summed E-state index contributed by atoms with van der Waals surface area (Å²) in [7, 11) is 4.02. The van der Waals surface area contributed by atoms with Gasteiger partial charge in [0, 0.05) is 64.2 Å². The molecular formula is C31H47N5O. The first kappa shape index (κ1) is 27.5. The van der Waals surface area contributed by atoms with Gasteiger partial charge in [-0.05, 0) is 53.6 Å². The number of anilines is 2. The van der Waals surface area contributed by atoms with Gasteiger partial charge in [-0.25, -0.2) is 4.79 Å². The summed E-state index contributed by atoms with van der Waals surface area (Å²) in [5.41, 5.74) is 4.64. The first-order valence-electron chi connectivity index (χ1n) is 14.1. The lowest BCUT2D eigenvalue weighted by atomic mass is 9.86. The monoisotopic (exact) mass is 505 g/mol. The lowest BCUT2D eigenvalue weighted by Crippen LogP contribution is -2.53. The third kappa shape index (κ3) is 7.48. The molecule has 2 amide bonds. The molecule has 202 valence electrons. The molecule has 1 heterocycles. The molecule has 1 saturated heterocycles. The SMILES string of the molecule is CN(C)c1ccc(NC(=O)NCC(c2ccc(C(C)(C)C)cc2)N2CCN(C3CCCCC3)CC2)cc1. The topological polar surface area (TPSA) is 50.9 Å². The van der Waals surface area contributed by atoms with Crippen molar-refractivity contribution in [2.45, 2.75) is 70.4 Å². The lowest BCUT2D eigenvalue weighted by molar-refractivity contribution is 0.0565. The molecule has 0 spiro atoms. The van der Waals surface area contributed by atoms with Crippen LogP contribution in [0.1, 0.15) is 70.0 Å². The zero-order chi connectivity index (χ0) is 26.4. The minimum Gasteiger partial charge on any atom is -0.378 e. The largest absolute Gasteiger partial charge is 0.378 e. The standard InChI is InChI=1S/C31H47N5O/c1-31(2,3)25-13-11-24(12-14-25)29(36-21-19-35(20-22-36)28-9-7-6-8-10-28)23-32-30(37)33-26-15-17-27(18-16-26)34(4)5/h11-18,28-29H,6-10,19-23H2,1-5H3,(H2,32,33,37). The van der Waals surface area contributed by atoms with E-state index in [1.165, 1.54) is 43.2 Å². The molecule has 1 aliphatic carbocycles. The Morgan fingerprint density at radius 2 is 1.54 bits per heavy atom. The third-order valence-electron chi connectivity index (χ3n) is 8.14. The number of hydrogen-bond donors (Lipinski definition) is 2. The molecule has 2 fully saturated rings. The second-order valence-corrected chi connectivity index (χ2v) is 12.0. The minimum absolute atomic E-state index is 0.125. The molecule has 6 heteroatoms. The third-order valence-corrected chi connectivity index (χ3v) is 8.14. The van der Waals surface area contributed by atoms with Crippen LogP contribution in [-0.4, -0.2) is 68.7 Å². The van der Waals surface area contributed by atoms with Gasteiger partial charge in [-0.1, -0.05) is 64.3 Å². The molecule has 2 aromatic carbocycles. The average Bonchev–Trinajstić information content (AvgIpc) is 2.90. The Labute approximate surface area is 224 Å². The number of carbonyl (C=O) groups excluding carboxylic acids is 1. The van der Waals surface area contributed by atoms with Crippen LogP contribution >= 0.6 is 0 Å². The molecule has 6 nitrogen and oxygen atoms in total. The van der Waals surface area contributed by atoms with Crippen LogP contribution in [0.4, 0.5) is 16.2 Å². The number of benzene rings is 2. The molecular weight excluding hydrogens is 458 g/mol. The van der Waals surface area contributed by atoms with Crippen LogP contribution in [0.3, 0.4) is 0 Å². The number of urea groups is 1. The lowest BCUT2D eigenvalue weighted by Gasteiger charge is -2.43. The molecule has 2 aromatic rings. The highest BCUT2D eigenvalue weighted by Gasteiger charge is 2.29. The van der Waals surface area contributed by atoms with Crippen molar-refractivity contribution in [3.05, 3.63) is 59.7 Å². The van der Waals surface area contributed by atoms with Crippen molar-refractivity contribution in [2.24, 2.45) is 0 Å². The van der Waals surface area contributed by atoms with E-state index in [4.69, 9.17) is 0 Å². The van der Waals surface area contributed by atoms with Crippen molar-refractivity contribution in [3.8, 4) is 0 Å². The summed E-state index contributed by atoms with van der Waals surface area (Å²) in [5, 5.41) is 6.17. The van der Waals surface area contributed by atoms with Crippen molar-refractivity contribution in [1.82, 2.24) is 15.1 Å². The van der Waals surface area contributed by atoms with E-state index < -0.39 is 0 Å². The summed E-state index contributed by atoms with van der Waals surface area (Å²) in [6.45, 7) is 11.6. The van der Waals surface area contributed by atoms with Crippen LogP contribution < -0.4 is 15.5 Å². The van der Waals surface area contributed by atoms with E-state index in [0.29, 0.717) is 6.54 Å². The van der Waals surface area contributed by atoms with Gasteiger partial charge in [0.2, 0.25) is 0 Å². The van der Waals surface area contributed by atoms with E-state index in [1.54, 1.807) is 0 Å². The fourth-order valence-corrected chi connectivity index (χ4v) is 5.73. The van der Waals surface area contributed by atoms with Crippen molar-refractivity contribution < 1.29 is 4.79 Å². The maximum atomic E-state index is 12.8. The van der Waals surface area contributed by atoms with Gasteiger partial charge >= 0.3 is 6.03 Å². The second kappa shape index (κ2) is 12.3. The molecule has 4 rings (SSSR count). The Bertz CT molecular complexity index is 982. The van der Waals surface area contributed by atoms with Crippen LogP contribution in [0.5, 0.6) is 0 Å². The van der Waals surface area contributed by atoms with Crippen molar-refractivity contribution in [3.63, 3.8) is 0 Å². The Kier molecular flexibility index (Phi) is 9.14. The number of carbonyl (C=O) groups is 1. The van der Waals surface area contributed by atoms with Gasteiger partial charge in [0.15, 0.2) is 0 Å². The molecule has 2 aliphatic rings. The summed E-state index contributed by atoms with van der Waals surface area (Å²) >= 11 is 0. The van der Waals surface area contributed by atoms with E-state index in [-0.39, 0.29) is 17.5 Å². The van der Waals surface area contributed by atoms with Gasteiger partial charge in [0.25, 0.3) is 0 Å². The second-order valence-electron chi connectivity index (χ2n) is 12.0. The highest BCUT2D eigenvalue weighted by atomic mass is 16.2. The fraction of sp³-hybridized carbons (Fsp3) is 0.581. The van der Waals surface area contributed by atoms with Crippen molar-refractivity contribution >= 4 is 17.4 Å². The molecule has 0 radical (unpaired) electrons. The average molecular weight is 506 g/mol. The van der Waals surface area contributed by atoms with Crippen LogP contribution in [-0.2, 0) is 5.41 Å². The Morgan fingerprint density at radius 1 is 0.919 bits per heavy atom. The number of hydrogen-bond acceptors (Lipinski definition) is 4. The zero-order valence-electron chi connectivity index (χ0n) is 23.6. The Morgan fingerprint density at radius 3 is 2.11 bits per heavy atom. The first-order valence-corrected chi connectivity index (χ1v) is 14.1. The van der Waals surface area contributed by atoms with Gasteiger partial charge in [0.1, 0.15) is 0 Å². The predicted octanol–water partition coefficient (Wildman–Crippen LogP) is 5.86. The van der Waals surface area contributed by atoms with E-state index in [1.807, 2.05) is 43.3 Å². The number of piperazine rings is 1. The fourth-order valence-electron chi connectivity index (χ4n) is 5.73. The maximum absolute atomic E-state index is 12.8. The highest BCUT2D eigenvalue weighted by Crippen LogP contribution is 2.29. The minimum atomic E-state index is -0.158. The van der Waals surface area contributed by atoms with Crippen molar-refractivity contribution in [1.29, 1.82) is 0 Å². The molecule has 37 heavy (non-hydrogen) atoms. The van der Waals surface area contributed by atoms with E-state index in [2.05, 4.69) is 65.5 Å². The van der Waals surface area contributed by atoms with Gasteiger partial charge in [-0.2, -0.15) is 0 Å². The highest BCUT2D eigenvalue weighted by molar-refractivity contribution is 5.89. The molecule has 1 saturated carbocycles.